The zero-order valence-electron chi connectivity index (χ0n) is 15.1. The van der Waals surface area contributed by atoms with E-state index in [0.717, 1.165) is 35.6 Å². The molecule has 3 aromatic rings. The van der Waals surface area contributed by atoms with E-state index in [1.807, 2.05) is 18.5 Å². The summed E-state index contributed by atoms with van der Waals surface area (Å²) < 4.78 is 2.24. The maximum Gasteiger partial charge on any atom is 0.231 e. The third-order valence-electron chi connectivity index (χ3n) is 4.85. The van der Waals surface area contributed by atoms with Crippen molar-refractivity contribution < 1.29 is 0 Å². The van der Waals surface area contributed by atoms with Gasteiger partial charge in [-0.3, -0.25) is 4.98 Å². The predicted molar refractivity (Wildman–Crippen MR) is 104 cm³/mol. The summed E-state index contributed by atoms with van der Waals surface area (Å²) in [5, 5.41) is 6.66. The van der Waals surface area contributed by atoms with Crippen LogP contribution in [0.15, 0.2) is 30.9 Å². The van der Waals surface area contributed by atoms with E-state index in [1.54, 1.807) is 12.4 Å². The van der Waals surface area contributed by atoms with Crippen LogP contribution in [0.3, 0.4) is 0 Å². The second-order valence-corrected chi connectivity index (χ2v) is 6.81. The predicted octanol–water partition coefficient (Wildman–Crippen LogP) is 4.29. The lowest BCUT2D eigenvalue weighted by Gasteiger charge is -2.23. The molecule has 0 aromatic carbocycles. The second-order valence-electron chi connectivity index (χ2n) is 6.81. The number of nitrogens with one attached hydrogen (secondary N) is 2. The number of hydrogen-bond donors (Lipinski definition) is 2. The van der Waals surface area contributed by atoms with Crippen molar-refractivity contribution >= 4 is 28.6 Å². The molecule has 2 N–H and O–H groups in total. The molecule has 0 atom stereocenters. The standard InChI is InChI=1S/C19H25N7/c1-2-10-21-17-16-18(26(13-22-16)15-8-4-3-5-9-15)25-19(24-17)23-14-7-6-11-20-12-14/h6-7,11-13,15H,2-5,8-10H2,1H3,(H2,21,23,24,25). The quantitative estimate of drug-likeness (QED) is 0.689. The van der Waals surface area contributed by atoms with Crippen LogP contribution in [0.4, 0.5) is 17.5 Å². The smallest absolute Gasteiger partial charge is 0.231 e. The second kappa shape index (κ2) is 7.68. The minimum atomic E-state index is 0.480. The van der Waals surface area contributed by atoms with Crippen LogP contribution in [0.2, 0.25) is 0 Å². The van der Waals surface area contributed by atoms with E-state index in [0.29, 0.717) is 12.0 Å². The summed E-state index contributed by atoms with van der Waals surface area (Å²) in [5.41, 5.74) is 2.62. The van der Waals surface area contributed by atoms with E-state index in [2.05, 4.69) is 37.1 Å². The lowest BCUT2D eigenvalue weighted by atomic mass is 9.95. The average Bonchev–Trinajstić information content (AvgIpc) is 3.12. The van der Waals surface area contributed by atoms with Gasteiger partial charge in [0.1, 0.15) is 0 Å². The molecule has 3 aromatic heterocycles. The molecule has 0 saturated heterocycles. The third kappa shape index (κ3) is 3.47. The highest BCUT2D eigenvalue weighted by Gasteiger charge is 2.20. The Kier molecular flexibility index (Phi) is 4.95. The first-order chi connectivity index (χ1) is 12.8. The normalized spacial score (nSPS) is 15.3. The van der Waals surface area contributed by atoms with Crippen molar-refractivity contribution in [3.8, 4) is 0 Å². The highest BCUT2D eigenvalue weighted by atomic mass is 15.2. The molecule has 0 unspecified atom stereocenters. The summed E-state index contributed by atoms with van der Waals surface area (Å²) in [6.07, 6.45) is 12.7. The van der Waals surface area contributed by atoms with E-state index >= 15 is 0 Å². The van der Waals surface area contributed by atoms with Crippen molar-refractivity contribution in [1.29, 1.82) is 0 Å². The number of fused-ring (bicyclic) bond motifs is 1. The minimum absolute atomic E-state index is 0.480. The first-order valence-electron chi connectivity index (χ1n) is 9.50. The van der Waals surface area contributed by atoms with Gasteiger partial charge in [0.2, 0.25) is 5.95 Å². The van der Waals surface area contributed by atoms with Crippen LogP contribution in [0, 0.1) is 0 Å². The van der Waals surface area contributed by atoms with Gasteiger partial charge < -0.3 is 15.2 Å². The number of pyridine rings is 1. The fourth-order valence-electron chi connectivity index (χ4n) is 3.53. The van der Waals surface area contributed by atoms with E-state index in [4.69, 9.17) is 4.98 Å². The van der Waals surface area contributed by atoms with Crippen molar-refractivity contribution in [3.63, 3.8) is 0 Å². The number of hydrogen-bond acceptors (Lipinski definition) is 6. The Labute approximate surface area is 153 Å². The zero-order chi connectivity index (χ0) is 17.8. The summed E-state index contributed by atoms with van der Waals surface area (Å²) in [7, 11) is 0. The molecular weight excluding hydrogens is 326 g/mol. The summed E-state index contributed by atoms with van der Waals surface area (Å²) in [5.74, 6) is 1.36. The van der Waals surface area contributed by atoms with Gasteiger partial charge in [-0.05, 0) is 31.4 Å². The molecule has 4 rings (SSSR count). The minimum Gasteiger partial charge on any atom is -0.368 e. The SMILES string of the molecule is CCCNc1nc(Nc2cccnc2)nc2c1ncn2C1CCCCC1. The molecule has 26 heavy (non-hydrogen) atoms. The van der Waals surface area contributed by atoms with Gasteiger partial charge in [0, 0.05) is 18.8 Å². The maximum absolute atomic E-state index is 4.78. The van der Waals surface area contributed by atoms with Crippen LogP contribution in [-0.4, -0.2) is 31.0 Å². The zero-order valence-corrected chi connectivity index (χ0v) is 15.1. The van der Waals surface area contributed by atoms with E-state index in [1.165, 1.54) is 32.1 Å². The van der Waals surface area contributed by atoms with Crippen LogP contribution >= 0.6 is 0 Å². The van der Waals surface area contributed by atoms with Gasteiger partial charge in [0.15, 0.2) is 17.0 Å². The van der Waals surface area contributed by atoms with E-state index < -0.39 is 0 Å². The Bertz CT molecular complexity index is 853. The van der Waals surface area contributed by atoms with Crippen molar-refractivity contribution in [2.24, 2.45) is 0 Å². The van der Waals surface area contributed by atoms with Crippen molar-refractivity contribution in [2.75, 3.05) is 17.2 Å². The molecule has 0 radical (unpaired) electrons. The summed E-state index contributed by atoms with van der Waals surface area (Å²) in [6, 6.07) is 4.33. The third-order valence-corrected chi connectivity index (χ3v) is 4.85. The van der Waals surface area contributed by atoms with Crippen molar-refractivity contribution in [3.05, 3.63) is 30.9 Å². The van der Waals surface area contributed by atoms with Gasteiger partial charge in [-0.25, -0.2) is 4.98 Å². The highest BCUT2D eigenvalue weighted by molar-refractivity contribution is 5.84. The van der Waals surface area contributed by atoms with Gasteiger partial charge in [-0.15, -0.1) is 0 Å². The molecule has 7 nitrogen and oxygen atoms in total. The van der Waals surface area contributed by atoms with E-state index in [-0.39, 0.29) is 0 Å². The van der Waals surface area contributed by atoms with Crippen LogP contribution in [0.25, 0.3) is 11.2 Å². The van der Waals surface area contributed by atoms with Gasteiger partial charge >= 0.3 is 0 Å². The molecule has 1 saturated carbocycles. The Balaban J connectivity index is 1.73. The lowest BCUT2D eigenvalue weighted by Crippen LogP contribution is -2.13. The fraction of sp³-hybridized carbons (Fsp3) is 0.474. The molecule has 0 spiro atoms. The Morgan fingerprint density at radius 3 is 2.85 bits per heavy atom. The van der Waals surface area contributed by atoms with Gasteiger partial charge in [-0.2, -0.15) is 9.97 Å². The average molecular weight is 351 g/mol. The molecule has 1 aliphatic carbocycles. The topological polar surface area (TPSA) is 80.6 Å². The highest BCUT2D eigenvalue weighted by Crippen LogP contribution is 2.32. The Morgan fingerprint density at radius 2 is 2.08 bits per heavy atom. The summed E-state index contributed by atoms with van der Waals surface area (Å²) in [4.78, 5) is 18.2. The number of rotatable bonds is 6. The van der Waals surface area contributed by atoms with Crippen molar-refractivity contribution in [2.45, 2.75) is 51.5 Å². The lowest BCUT2D eigenvalue weighted by molar-refractivity contribution is 0.358. The number of imidazole rings is 1. The molecule has 0 amide bonds. The Morgan fingerprint density at radius 1 is 1.19 bits per heavy atom. The van der Waals surface area contributed by atoms with Crippen LogP contribution in [-0.2, 0) is 0 Å². The van der Waals surface area contributed by atoms with Crippen LogP contribution in [0.1, 0.15) is 51.5 Å². The molecule has 1 fully saturated rings. The number of aromatic nitrogens is 5. The largest absolute Gasteiger partial charge is 0.368 e. The fourth-order valence-corrected chi connectivity index (χ4v) is 3.53. The number of nitrogens with zero attached hydrogens (tertiary/aromatic N) is 5. The molecule has 3 heterocycles. The van der Waals surface area contributed by atoms with Gasteiger partial charge in [-0.1, -0.05) is 26.2 Å². The molecule has 1 aliphatic rings. The van der Waals surface area contributed by atoms with Gasteiger partial charge in [0.05, 0.1) is 18.2 Å². The van der Waals surface area contributed by atoms with Crippen molar-refractivity contribution in [1.82, 2.24) is 24.5 Å². The van der Waals surface area contributed by atoms with Gasteiger partial charge in [0.25, 0.3) is 0 Å². The van der Waals surface area contributed by atoms with E-state index in [9.17, 15) is 0 Å². The maximum atomic E-state index is 4.78. The molecular formula is C19H25N7. The molecule has 136 valence electrons. The number of anilines is 3. The molecule has 7 heteroatoms. The first kappa shape index (κ1) is 16.8. The first-order valence-corrected chi connectivity index (χ1v) is 9.50. The summed E-state index contributed by atoms with van der Waals surface area (Å²) in [6.45, 7) is 3.00. The Hall–Kier alpha value is -2.70. The molecule has 0 bridgehead atoms. The monoisotopic (exact) mass is 351 g/mol. The van der Waals surface area contributed by atoms with Crippen LogP contribution in [0.5, 0.6) is 0 Å². The van der Waals surface area contributed by atoms with Crippen LogP contribution < -0.4 is 10.6 Å². The summed E-state index contributed by atoms with van der Waals surface area (Å²) >= 11 is 0. The molecule has 0 aliphatic heterocycles.